The molecule has 1 rings (SSSR count). The summed E-state index contributed by atoms with van der Waals surface area (Å²) in [7, 11) is 0. The molecule has 1 N–H and O–H groups in total. The summed E-state index contributed by atoms with van der Waals surface area (Å²) in [6.45, 7) is 13.3. The first-order chi connectivity index (χ1) is 10.2. The molecule has 0 bridgehead atoms. The van der Waals surface area contributed by atoms with Crippen LogP contribution in [-0.2, 0) is 4.79 Å². The summed E-state index contributed by atoms with van der Waals surface area (Å²) >= 11 is 1.85. The standard InChI is InChI=1S/C18H29NO2S/c1-7-16(17(20)19-10-11-22-18(4,5)6)21-15-9-8-13(2)14(3)12-15/h8-9,12,16H,7,10-11H2,1-6H3,(H,19,20). The molecule has 0 saturated heterocycles. The van der Waals surface area contributed by atoms with Crippen LogP contribution in [-0.4, -0.2) is 29.1 Å². The second kappa shape index (κ2) is 8.47. The smallest absolute Gasteiger partial charge is 0.261 e. The maximum absolute atomic E-state index is 12.2. The molecule has 0 aliphatic carbocycles. The molecule has 1 aromatic rings. The monoisotopic (exact) mass is 323 g/mol. The van der Waals surface area contributed by atoms with Crippen molar-refractivity contribution in [2.45, 2.75) is 58.8 Å². The number of rotatable bonds is 7. The van der Waals surface area contributed by atoms with E-state index in [0.29, 0.717) is 13.0 Å². The van der Waals surface area contributed by atoms with Crippen LogP contribution in [0.2, 0.25) is 0 Å². The number of thioether (sulfide) groups is 1. The highest BCUT2D eigenvalue weighted by atomic mass is 32.2. The van der Waals surface area contributed by atoms with E-state index in [0.717, 1.165) is 11.5 Å². The first-order valence-electron chi connectivity index (χ1n) is 7.88. The molecule has 1 amide bonds. The Bertz CT molecular complexity index is 494. The van der Waals surface area contributed by atoms with Crippen LogP contribution < -0.4 is 10.1 Å². The van der Waals surface area contributed by atoms with E-state index < -0.39 is 6.10 Å². The van der Waals surface area contributed by atoms with E-state index in [9.17, 15) is 4.79 Å². The van der Waals surface area contributed by atoms with Crippen molar-refractivity contribution in [2.75, 3.05) is 12.3 Å². The number of benzene rings is 1. The molecule has 124 valence electrons. The van der Waals surface area contributed by atoms with Gasteiger partial charge in [0.25, 0.3) is 5.91 Å². The normalized spacial score (nSPS) is 12.8. The molecule has 4 heteroatoms. The number of ether oxygens (including phenoxy) is 1. The zero-order chi connectivity index (χ0) is 16.8. The lowest BCUT2D eigenvalue weighted by atomic mass is 10.1. The quantitative estimate of drug-likeness (QED) is 0.768. The van der Waals surface area contributed by atoms with E-state index >= 15 is 0 Å². The van der Waals surface area contributed by atoms with Gasteiger partial charge in [-0.05, 0) is 43.5 Å². The number of carbonyl (C=O) groups excluding carboxylic acids is 1. The van der Waals surface area contributed by atoms with Gasteiger partial charge in [-0.2, -0.15) is 11.8 Å². The fourth-order valence-electron chi connectivity index (χ4n) is 1.92. The fourth-order valence-corrected chi connectivity index (χ4v) is 2.74. The van der Waals surface area contributed by atoms with Crippen molar-refractivity contribution in [1.29, 1.82) is 0 Å². The maximum Gasteiger partial charge on any atom is 0.261 e. The number of aryl methyl sites for hydroxylation is 2. The van der Waals surface area contributed by atoms with Gasteiger partial charge in [-0.3, -0.25) is 4.79 Å². The van der Waals surface area contributed by atoms with Crippen LogP contribution in [0.1, 0.15) is 45.2 Å². The molecule has 1 unspecified atom stereocenters. The second-order valence-corrected chi connectivity index (χ2v) is 8.43. The molecule has 0 radical (unpaired) electrons. The summed E-state index contributed by atoms with van der Waals surface area (Å²) in [5, 5.41) is 2.97. The van der Waals surface area contributed by atoms with Gasteiger partial charge in [-0.15, -0.1) is 0 Å². The summed E-state index contributed by atoms with van der Waals surface area (Å²) in [6, 6.07) is 5.93. The van der Waals surface area contributed by atoms with E-state index in [-0.39, 0.29) is 10.7 Å². The minimum absolute atomic E-state index is 0.0322. The van der Waals surface area contributed by atoms with Crippen LogP contribution in [0.5, 0.6) is 5.75 Å². The molecule has 0 aromatic heterocycles. The Morgan fingerprint density at radius 1 is 1.27 bits per heavy atom. The SMILES string of the molecule is CCC(Oc1ccc(C)c(C)c1)C(=O)NCCSC(C)(C)C. The first-order valence-corrected chi connectivity index (χ1v) is 8.87. The summed E-state index contributed by atoms with van der Waals surface area (Å²) in [5.41, 5.74) is 2.40. The molecule has 0 aliphatic rings. The van der Waals surface area contributed by atoms with E-state index in [1.165, 1.54) is 11.1 Å². The molecule has 0 spiro atoms. The summed E-state index contributed by atoms with van der Waals surface area (Å²) < 4.78 is 6.07. The average Bonchev–Trinajstić information content (AvgIpc) is 2.43. The summed E-state index contributed by atoms with van der Waals surface area (Å²) in [4.78, 5) is 12.2. The van der Waals surface area contributed by atoms with E-state index in [4.69, 9.17) is 4.74 Å². The predicted molar refractivity (Wildman–Crippen MR) is 95.8 cm³/mol. The number of hydrogen-bond acceptors (Lipinski definition) is 3. The minimum atomic E-state index is -0.429. The molecule has 0 aliphatic heterocycles. The van der Waals surface area contributed by atoms with Crippen molar-refractivity contribution in [3.05, 3.63) is 29.3 Å². The Morgan fingerprint density at radius 2 is 1.95 bits per heavy atom. The topological polar surface area (TPSA) is 38.3 Å². The Hall–Kier alpha value is -1.16. The Kier molecular flexibility index (Phi) is 7.27. The summed E-state index contributed by atoms with van der Waals surface area (Å²) in [6.07, 6.45) is 0.229. The van der Waals surface area contributed by atoms with Gasteiger partial charge >= 0.3 is 0 Å². The average molecular weight is 324 g/mol. The zero-order valence-corrected chi connectivity index (χ0v) is 15.5. The van der Waals surface area contributed by atoms with Gasteiger partial charge in [0.05, 0.1) is 0 Å². The number of amides is 1. The number of nitrogens with one attached hydrogen (secondary N) is 1. The Labute approximate surface area is 139 Å². The van der Waals surface area contributed by atoms with Crippen LogP contribution in [0, 0.1) is 13.8 Å². The molecule has 22 heavy (non-hydrogen) atoms. The van der Waals surface area contributed by atoms with E-state index in [1.807, 2.05) is 43.8 Å². The Balaban J connectivity index is 2.49. The largest absolute Gasteiger partial charge is 0.481 e. The van der Waals surface area contributed by atoms with Crippen molar-refractivity contribution in [2.24, 2.45) is 0 Å². The Morgan fingerprint density at radius 3 is 2.50 bits per heavy atom. The van der Waals surface area contributed by atoms with Gasteiger partial charge in [0.1, 0.15) is 5.75 Å². The van der Waals surface area contributed by atoms with Crippen molar-refractivity contribution in [3.63, 3.8) is 0 Å². The van der Waals surface area contributed by atoms with E-state index in [2.05, 4.69) is 33.0 Å². The minimum Gasteiger partial charge on any atom is -0.481 e. The van der Waals surface area contributed by atoms with Crippen molar-refractivity contribution >= 4 is 17.7 Å². The van der Waals surface area contributed by atoms with Gasteiger partial charge in [-0.1, -0.05) is 33.8 Å². The highest BCUT2D eigenvalue weighted by Gasteiger charge is 2.18. The lowest BCUT2D eigenvalue weighted by Crippen LogP contribution is -2.39. The number of hydrogen-bond donors (Lipinski definition) is 1. The molecule has 1 atom stereocenters. The van der Waals surface area contributed by atoms with Gasteiger partial charge in [-0.25, -0.2) is 0 Å². The highest BCUT2D eigenvalue weighted by molar-refractivity contribution is 8.00. The van der Waals surface area contributed by atoms with Crippen LogP contribution >= 0.6 is 11.8 Å². The molecule has 0 heterocycles. The van der Waals surface area contributed by atoms with Gasteiger partial charge < -0.3 is 10.1 Å². The molecular formula is C18H29NO2S. The lowest BCUT2D eigenvalue weighted by molar-refractivity contribution is -0.127. The van der Waals surface area contributed by atoms with Crippen molar-refractivity contribution < 1.29 is 9.53 Å². The van der Waals surface area contributed by atoms with Crippen molar-refractivity contribution in [3.8, 4) is 5.75 Å². The van der Waals surface area contributed by atoms with Crippen LogP contribution in [0.15, 0.2) is 18.2 Å². The van der Waals surface area contributed by atoms with Crippen molar-refractivity contribution in [1.82, 2.24) is 5.32 Å². The third-order valence-electron chi connectivity index (χ3n) is 3.36. The van der Waals surface area contributed by atoms with Crippen LogP contribution in [0.4, 0.5) is 0 Å². The van der Waals surface area contributed by atoms with Gasteiger partial charge in [0, 0.05) is 17.0 Å². The molecule has 0 saturated carbocycles. The number of carbonyl (C=O) groups is 1. The van der Waals surface area contributed by atoms with Crippen LogP contribution in [0.3, 0.4) is 0 Å². The van der Waals surface area contributed by atoms with Crippen LogP contribution in [0.25, 0.3) is 0 Å². The third-order valence-corrected chi connectivity index (χ3v) is 4.63. The van der Waals surface area contributed by atoms with Gasteiger partial charge in [0.2, 0.25) is 0 Å². The molecule has 3 nitrogen and oxygen atoms in total. The molecular weight excluding hydrogens is 294 g/mol. The molecule has 1 aromatic carbocycles. The molecule has 0 fully saturated rings. The maximum atomic E-state index is 12.2. The zero-order valence-electron chi connectivity index (χ0n) is 14.7. The fraction of sp³-hybridized carbons (Fsp3) is 0.611. The summed E-state index contributed by atoms with van der Waals surface area (Å²) in [5.74, 6) is 1.64. The third kappa shape index (κ3) is 6.73. The lowest BCUT2D eigenvalue weighted by Gasteiger charge is -2.20. The van der Waals surface area contributed by atoms with Gasteiger partial charge in [0.15, 0.2) is 6.10 Å². The highest BCUT2D eigenvalue weighted by Crippen LogP contribution is 2.22. The second-order valence-electron chi connectivity index (χ2n) is 6.51. The first kappa shape index (κ1) is 18.9. The predicted octanol–water partition coefficient (Wildman–Crippen LogP) is 4.11. The van der Waals surface area contributed by atoms with E-state index in [1.54, 1.807) is 0 Å².